The van der Waals surface area contributed by atoms with Crippen molar-refractivity contribution < 1.29 is 0 Å². The van der Waals surface area contributed by atoms with E-state index in [1.807, 2.05) is 18.2 Å². The Hall–Kier alpha value is -1.65. The molecular formula is C14H17ClN4. The van der Waals surface area contributed by atoms with Gasteiger partial charge < -0.3 is 11.1 Å². The molecule has 0 spiro atoms. The van der Waals surface area contributed by atoms with E-state index in [1.54, 1.807) is 18.6 Å². The summed E-state index contributed by atoms with van der Waals surface area (Å²) in [7, 11) is 0. The molecule has 1 unspecified atom stereocenters. The van der Waals surface area contributed by atoms with Gasteiger partial charge in [-0.2, -0.15) is 0 Å². The Labute approximate surface area is 118 Å². The van der Waals surface area contributed by atoms with E-state index in [9.17, 15) is 0 Å². The van der Waals surface area contributed by atoms with Crippen LogP contribution in [0.2, 0.25) is 5.02 Å². The fourth-order valence-electron chi connectivity index (χ4n) is 1.95. The van der Waals surface area contributed by atoms with Gasteiger partial charge in [-0.25, -0.2) is 4.98 Å². The molecule has 0 aliphatic heterocycles. The first-order valence-electron chi connectivity index (χ1n) is 6.26. The lowest BCUT2D eigenvalue weighted by Crippen LogP contribution is -2.24. The number of pyridine rings is 2. The molecule has 2 aromatic heterocycles. The summed E-state index contributed by atoms with van der Waals surface area (Å²) in [6, 6.07) is 5.77. The molecule has 2 rings (SSSR count). The molecule has 3 N–H and O–H groups in total. The van der Waals surface area contributed by atoms with Crippen molar-refractivity contribution in [3.8, 4) is 0 Å². The summed E-state index contributed by atoms with van der Waals surface area (Å²) in [6.45, 7) is 3.01. The van der Waals surface area contributed by atoms with E-state index in [2.05, 4.69) is 22.2 Å². The van der Waals surface area contributed by atoms with Crippen LogP contribution in [0, 0.1) is 0 Å². The lowest BCUT2D eigenvalue weighted by Gasteiger charge is -2.20. The number of hydrogen-bond donors (Lipinski definition) is 2. The van der Waals surface area contributed by atoms with Crippen LogP contribution < -0.4 is 11.1 Å². The summed E-state index contributed by atoms with van der Waals surface area (Å²) in [4.78, 5) is 8.16. The molecule has 0 aliphatic rings. The summed E-state index contributed by atoms with van der Waals surface area (Å²) >= 11 is 6.02. The van der Waals surface area contributed by atoms with E-state index in [0.29, 0.717) is 10.8 Å². The van der Waals surface area contributed by atoms with Gasteiger partial charge in [-0.3, -0.25) is 4.98 Å². The largest absolute Gasteiger partial charge is 0.383 e. The Morgan fingerprint density at radius 3 is 2.79 bits per heavy atom. The van der Waals surface area contributed by atoms with Gasteiger partial charge in [0.15, 0.2) is 0 Å². The maximum atomic E-state index is 6.02. The molecule has 0 aliphatic carbocycles. The van der Waals surface area contributed by atoms with Crippen LogP contribution in [0.3, 0.4) is 0 Å². The quantitative estimate of drug-likeness (QED) is 0.881. The highest BCUT2D eigenvalue weighted by Crippen LogP contribution is 2.27. The summed E-state index contributed by atoms with van der Waals surface area (Å²) < 4.78 is 0. The van der Waals surface area contributed by atoms with Crippen LogP contribution in [0.15, 0.2) is 36.8 Å². The topological polar surface area (TPSA) is 63.8 Å². The monoisotopic (exact) mass is 276 g/mol. The molecule has 0 saturated carbocycles. The molecular weight excluding hydrogens is 260 g/mol. The van der Waals surface area contributed by atoms with Gasteiger partial charge in [0.1, 0.15) is 5.82 Å². The fraction of sp³-hybridized carbons (Fsp3) is 0.286. The highest BCUT2D eigenvalue weighted by molar-refractivity contribution is 6.30. The standard InChI is InChI=1S/C14H17ClN4/c1-2-5-18-13(10-3-6-17-7-4-10)12-8-11(15)9-19-14(12)16/h3-4,6-9,13,18H,2,5H2,1H3,(H2,16,19). The average molecular weight is 277 g/mol. The molecule has 0 amide bonds. The molecule has 0 fully saturated rings. The van der Waals surface area contributed by atoms with E-state index in [1.165, 1.54) is 0 Å². The zero-order valence-electron chi connectivity index (χ0n) is 10.8. The predicted molar refractivity (Wildman–Crippen MR) is 78.0 cm³/mol. The van der Waals surface area contributed by atoms with E-state index in [-0.39, 0.29) is 6.04 Å². The van der Waals surface area contributed by atoms with Crippen molar-refractivity contribution in [3.05, 3.63) is 52.9 Å². The van der Waals surface area contributed by atoms with E-state index < -0.39 is 0 Å². The van der Waals surface area contributed by atoms with Crippen molar-refractivity contribution in [1.29, 1.82) is 0 Å². The molecule has 2 aromatic rings. The van der Waals surface area contributed by atoms with Crippen LogP contribution in [0.25, 0.3) is 0 Å². The number of hydrogen-bond acceptors (Lipinski definition) is 4. The summed E-state index contributed by atoms with van der Waals surface area (Å²) in [5.41, 5.74) is 7.97. The number of halogens is 1. The summed E-state index contributed by atoms with van der Waals surface area (Å²) in [5.74, 6) is 0.495. The van der Waals surface area contributed by atoms with Crippen LogP contribution >= 0.6 is 11.6 Å². The maximum Gasteiger partial charge on any atom is 0.128 e. The van der Waals surface area contributed by atoms with E-state index >= 15 is 0 Å². The second-order valence-corrected chi connectivity index (χ2v) is 4.73. The molecule has 100 valence electrons. The Morgan fingerprint density at radius 1 is 1.37 bits per heavy atom. The van der Waals surface area contributed by atoms with Gasteiger partial charge in [0.05, 0.1) is 11.1 Å². The highest BCUT2D eigenvalue weighted by atomic mass is 35.5. The fourth-order valence-corrected chi connectivity index (χ4v) is 2.12. The van der Waals surface area contributed by atoms with Crippen molar-refractivity contribution in [2.24, 2.45) is 0 Å². The smallest absolute Gasteiger partial charge is 0.128 e. The highest BCUT2D eigenvalue weighted by Gasteiger charge is 2.17. The lowest BCUT2D eigenvalue weighted by molar-refractivity contribution is 0.598. The number of anilines is 1. The third-order valence-corrected chi connectivity index (χ3v) is 3.07. The number of rotatable bonds is 5. The third-order valence-electron chi connectivity index (χ3n) is 2.87. The molecule has 0 aromatic carbocycles. The first-order valence-corrected chi connectivity index (χ1v) is 6.64. The van der Waals surface area contributed by atoms with E-state index in [0.717, 1.165) is 24.1 Å². The second kappa shape index (κ2) is 6.50. The Balaban J connectivity index is 2.40. The van der Waals surface area contributed by atoms with Crippen molar-refractivity contribution >= 4 is 17.4 Å². The van der Waals surface area contributed by atoms with Crippen LogP contribution in [-0.4, -0.2) is 16.5 Å². The molecule has 0 saturated heterocycles. The van der Waals surface area contributed by atoms with Gasteiger partial charge in [-0.1, -0.05) is 18.5 Å². The van der Waals surface area contributed by atoms with Gasteiger partial charge in [0, 0.05) is 24.2 Å². The average Bonchev–Trinajstić information content (AvgIpc) is 2.44. The second-order valence-electron chi connectivity index (χ2n) is 4.30. The molecule has 2 heterocycles. The molecule has 19 heavy (non-hydrogen) atoms. The molecule has 0 bridgehead atoms. The zero-order valence-corrected chi connectivity index (χ0v) is 11.6. The third kappa shape index (κ3) is 3.43. The number of aromatic nitrogens is 2. The van der Waals surface area contributed by atoms with Crippen LogP contribution in [0.1, 0.15) is 30.5 Å². The van der Waals surface area contributed by atoms with Crippen LogP contribution in [0.4, 0.5) is 5.82 Å². The van der Waals surface area contributed by atoms with Crippen molar-refractivity contribution in [3.63, 3.8) is 0 Å². The molecule has 5 heteroatoms. The molecule has 0 radical (unpaired) electrons. The van der Waals surface area contributed by atoms with Gasteiger partial charge >= 0.3 is 0 Å². The first-order chi connectivity index (χ1) is 9.22. The minimum Gasteiger partial charge on any atom is -0.383 e. The first kappa shape index (κ1) is 13.8. The van der Waals surface area contributed by atoms with Crippen LogP contribution in [-0.2, 0) is 0 Å². The normalized spacial score (nSPS) is 12.3. The van der Waals surface area contributed by atoms with E-state index in [4.69, 9.17) is 17.3 Å². The minimum absolute atomic E-state index is 0.0193. The van der Waals surface area contributed by atoms with Gasteiger partial charge in [-0.05, 0) is 36.7 Å². The predicted octanol–water partition coefficient (Wildman–Crippen LogP) is 2.80. The summed E-state index contributed by atoms with van der Waals surface area (Å²) in [6.07, 6.45) is 6.13. The van der Waals surface area contributed by atoms with Crippen molar-refractivity contribution in [2.75, 3.05) is 12.3 Å². The molecule has 1 atom stereocenters. The molecule has 4 nitrogen and oxygen atoms in total. The van der Waals surface area contributed by atoms with Crippen molar-refractivity contribution in [1.82, 2.24) is 15.3 Å². The zero-order chi connectivity index (χ0) is 13.7. The van der Waals surface area contributed by atoms with Crippen LogP contribution in [0.5, 0.6) is 0 Å². The van der Waals surface area contributed by atoms with Gasteiger partial charge in [0.25, 0.3) is 0 Å². The Bertz CT molecular complexity index is 530. The number of nitrogen functional groups attached to an aromatic ring is 1. The Morgan fingerprint density at radius 2 is 2.11 bits per heavy atom. The maximum absolute atomic E-state index is 6.02. The lowest BCUT2D eigenvalue weighted by atomic mass is 10.00. The SMILES string of the molecule is CCCNC(c1ccncc1)c1cc(Cl)cnc1N. The van der Waals surface area contributed by atoms with Crippen molar-refractivity contribution in [2.45, 2.75) is 19.4 Å². The summed E-state index contributed by atoms with van der Waals surface area (Å²) in [5, 5.41) is 4.05. The number of nitrogens with one attached hydrogen (secondary N) is 1. The minimum atomic E-state index is -0.0193. The number of nitrogens with zero attached hydrogens (tertiary/aromatic N) is 2. The van der Waals surface area contributed by atoms with Gasteiger partial charge in [-0.15, -0.1) is 0 Å². The van der Waals surface area contributed by atoms with Gasteiger partial charge in [0.2, 0.25) is 0 Å². The Kier molecular flexibility index (Phi) is 4.71. The number of nitrogens with two attached hydrogens (primary N) is 1.